The number of anilines is 2. The van der Waals surface area contributed by atoms with E-state index in [1.165, 1.54) is 0 Å². The molecule has 2 aromatic carbocycles. The number of fused-ring (bicyclic) bond motifs is 1. The molecule has 0 spiro atoms. The van der Waals surface area contributed by atoms with Crippen molar-refractivity contribution in [3.05, 3.63) is 48.0 Å². The first kappa shape index (κ1) is 15.5. The molecular formula is C19H18N2O4. The number of para-hydroxylation sites is 2. The highest BCUT2D eigenvalue weighted by Crippen LogP contribution is 2.32. The summed E-state index contributed by atoms with van der Waals surface area (Å²) in [5.41, 5.74) is 1.83. The zero-order valence-corrected chi connectivity index (χ0v) is 13.7. The maximum Gasteiger partial charge on any atom is 0.255 e. The Bertz CT molecular complexity index is 834. The zero-order chi connectivity index (χ0) is 17.2. The number of carbonyl (C=O) groups is 2. The fourth-order valence-corrected chi connectivity index (χ4v) is 3.10. The molecule has 0 bridgehead atoms. The minimum atomic E-state index is -0.254. The fraction of sp³-hybridized carbons (Fsp3) is 0.263. The van der Waals surface area contributed by atoms with Crippen molar-refractivity contribution in [2.45, 2.75) is 12.8 Å². The van der Waals surface area contributed by atoms with E-state index in [1.54, 1.807) is 29.2 Å². The van der Waals surface area contributed by atoms with Crippen molar-refractivity contribution >= 4 is 23.2 Å². The highest BCUT2D eigenvalue weighted by Gasteiger charge is 2.24. The molecule has 1 saturated heterocycles. The van der Waals surface area contributed by atoms with Crippen LogP contribution in [0.4, 0.5) is 11.4 Å². The SMILES string of the molecule is O=C(Nc1ccccc1N1CCCC1=O)c1ccc2c(c1)OCCO2. The molecule has 2 heterocycles. The summed E-state index contributed by atoms with van der Waals surface area (Å²) in [6.07, 6.45) is 1.38. The van der Waals surface area contributed by atoms with E-state index in [2.05, 4.69) is 5.32 Å². The van der Waals surface area contributed by atoms with Crippen molar-refractivity contribution < 1.29 is 19.1 Å². The molecule has 0 aliphatic carbocycles. The standard InChI is InChI=1S/C19H18N2O4/c22-18-6-3-9-21(18)15-5-2-1-4-14(15)20-19(23)13-7-8-16-17(12-13)25-11-10-24-16/h1-2,4-5,7-8,12H,3,6,9-11H2,(H,20,23). The van der Waals surface area contributed by atoms with Gasteiger partial charge in [-0.05, 0) is 36.8 Å². The predicted molar refractivity (Wildman–Crippen MR) is 93.4 cm³/mol. The van der Waals surface area contributed by atoms with Crippen LogP contribution in [0.3, 0.4) is 0 Å². The predicted octanol–water partition coefficient (Wildman–Crippen LogP) is 2.84. The van der Waals surface area contributed by atoms with E-state index >= 15 is 0 Å². The number of nitrogens with one attached hydrogen (secondary N) is 1. The van der Waals surface area contributed by atoms with Crippen LogP contribution in [0.2, 0.25) is 0 Å². The van der Waals surface area contributed by atoms with Gasteiger partial charge >= 0.3 is 0 Å². The monoisotopic (exact) mass is 338 g/mol. The van der Waals surface area contributed by atoms with Crippen LogP contribution in [0.5, 0.6) is 11.5 Å². The molecule has 0 saturated carbocycles. The topological polar surface area (TPSA) is 67.9 Å². The highest BCUT2D eigenvalue weighted by atomic mass is 16.6. The Kier molecular flexibility index (Phi) is 4.01. The third-order valence-electron chi connectivity index (χ3n) is 4.32. The molecule has 25 heavy (non-hydrogen) atoms. The van der Waals surface area contributed by atoms with Crippen LogP contribution in [-0.4, -0.2) is 31.6 Å². The van der Waals surface area contributed by atoms with Gasteiger partial charge in [0.05, 0.1) is 11.4 Å². The van der Waals surface area contributed by atoms with Crippen LogP contribution < -0.4 is 19.7 Å². The van der Waals surface area contributed by atoms with E-state index < -0.39 is 0 Å². The van der Waals surface area contributed by atoms with Crippen molar-refractivity contribution in [2.24, 2.45) is 0 Å². The van der Waals surface area contributed by atoms with Gasteiger partial charge in [-0.25, -0.2) is 0 Å². The Labute approximate surface area is 145 Å². The Morgan fingerprint density at radius 2 is 1.84 bits per heavy atom. The van der Waals surface area contributed by atoms with E-state index in [1.807, 2.05) is 18.2 Å². The van der Waals surface area contributed by atoms with Gasteiger partial charge in [-0.15, -0.1) is 0 Å². The third kappa shape index (κ3) is 3.03. The number of ether oxygens (including phenoxy) is 2. The van der Waals surface area contributed by atoms with Crippen LogP contribution in [0.1, 0.15) is 23.2 Å². The maximum absolute atomic E-state index is 12.6. The van der Waals surface area contributed by atoms with E-state index in [0.29, 0.717) is 48.9 Å². The maximum atomic E-state index is 12.6. The van der Waals surface area contributed by atoms with Crippen molar-refractivity contribution in [2.75, 3.05) is 30.0 Å². The lowest BCUT2D eigenvalue weighted by atomic mass is 10.1. The lowest BCUT2D eigenvalue weighted by Crippen LogP contribution is -2.25. The number of hydrogen-bond acceptors (Lipinski definition) is 4. The quantitative estimate of drug-likeness (QED) is 0.934. The van der Waals surface area contributed by atoms with Crippen LogP contribution in [0.25, 0.3) is 0 Å². The van der Waals surface area contributed by atoms with Gasteiger partial charge < -0.3 is 19.7 Å². The van der Waals surface area contributed by atoms with Gasteiger partial charge in [0.25, 0.3) is 5.91 Å². The van der Waals surface area contributed by atoms with Crippen LogP contribution in [0, 0.1) is 0 Å². The second-order valence-corrected chi connectivity index (χ2v) is 5.98. The molecule has 1 N–H and O–H groups in total. The number of benzene rings is 2. The lowest BCUT2D eigenvalue weighted by Gasteiger charge is -2.21. The molecule has 0 radical (unpaired) electrons. The first-order chi connectivity index (χ1) is 12.2. The van der Waals surface area contributed by atoms with Gasteiger partial charge in [0, 0.05) is 18.5 Å². The van der Waals surface area contributed by atoms with Gasteiger partial charge in [0.1, 0.15) is 13.2 Å². The molecule has 6 heteroatoms. The van der Waals surface area contributed by atoms with Crippen molar-refractivity contribution in [3.63, 3.8) is 0 Å². The molecule has 1 fully saturated rings. The summed E-state index contributed by atoms with van der Waals surface area (Å²) in [6.45, 7) is 1.66. The number of rotatable bonds is 3. The Balaban J connectivity index is 1.58. The highest BCUT2D eigenvalue weighted by molar-refractivity contribution is 6.08. The fourth-order valence-electron chi connectivity index (χ4n) is 3.10. The van der Waals surface area contributed by atoms with Gasteiger partial charge in [0.15, 0.2) is 11.5 Å². The van der Waals surface area contributed by atoms with Crippen molar-refractivity contribution in [3.8, 4) is 11.5 Å². The number of carbonyl (C=O) groups excluding carboxylic acids is 2. The summed E-state index contributed by atoms with van der Waals surface area (Å²) in [5.74, 6) is 1.05. The van der Waals surface area contributed by atoms with Crippen LogP contribution in [0.15, 0.2) is 42.5 Å². The van der Waals surface area contributed by atoms with Gasteiger partial charge in [-0.2, -0.15) is 0 Å². The summed E-state index contributed by atoms with van der Waals surface area (Å²) in [7, 11) is 0. The first-order valence-corrected chi connectivity index (χ1v) is 8.33. The Morgan fingerprint density at radius 1 is 1.04 bits per heavy atom. The molecule has 2 amide bonds. The van der Waals surface area contributed by atoms with E-state index in [-0.39, 0.29) is 11.8 Å². The Morgan fingerprint density at radius 3 is 2.64 bits per heavy atom. The Hall–Kier alpha value is -3.02. The average molecular weight is 338 g/mol. The van der Waals surface area contributed by atoms with Crippen LogP contribution >= 0.6 is 0 Å². The van der Waals surface area contributed by atoms with Gasteiger partial charge in [-0.3, -0.25) is 9.59 Å². The summed E-state index contributed by atoms with van der Waals surface area (Å²) >= 11 is 0. The molecule has 0 aromatic heterocycles. The normalized spacial score (nSPS) is 16.0. The minimum Gasteiger partial charge on any atom is -0.486 e. The zero-order valence-electron chi connectivity index (χ0n) is 13.7. The summed E-state index contributed by atoms with van der Waals surface area (Å²) in [5, 5.41) is 2.90. The number of hydrogen-bond donors (Lipinski definition) is 1. The molecule has 0 unspecified atom stereocenters. The number of amides is 2. The van der Waals surface area contributed by atoms with Gasteiger partial charge in [-0.1, -0.05) is 12.1 Å². The van der Waals surface area contributed by atoms with E-state index in [9.17, 15) is 9.59 Å². The molecule has 128 valence electrons. The molecule has 2 aromatic rings. The third-order valence-corrected chi connectivity index (χ3v) is 4.32. The smallest absolute Gasteiger partial charge is 0.255 e. The van der Waals surface area contributed by atoms with Crippen molar-refractivity contribution in [1.82, 2.24) is 0 Å². The molecule has 2 aliphatic rings. The van der Waals surface area contributed by atoms with Crippen LogP contribution in [-0.2, 0) is 4.79 Å². The van der Waals surface area contributed by atoms with Crippen molar-refractivity contribution in [1.29, 1.82) is 0 Å². The van der Waals surface area contributed by atoms with E-state index in [4.69, 9.17) is 9.47 Å². The summed E-state index contributed by atoms with van der Waals surface area (Å²) in [6, 6.07) is 12.5. The largest absolute Gasteiger partial charge is 0.486 e. The van der Waals surface area contributed by atoms with Gasteiger partial charge in [0.2, 0.25) is 5.91 Å². The first-order valence-electron chi connectivity index (χ1n) is 8.33. The molecule has 0 atom stereocenters. The lowest BCUT2D eigenvalue weighted by molar-refractivity contribution is -0.117. The minimum absolute atomic E-state index is 0.0843. The average Bonchev–Trinajstić information content (AvgIpc) is 3.07. The van der Waals surface area contributed by atoms with E-state index in [0.717, 1.165) is 12.1 Å². The second kappa shape index (κ2) is 6.47. The molecule has 2 aliphatic heterocycles. The second-order valence-electron chi connectivity index (χ2n) is 5.98. The number of nitrogens with zero attached hydrogens (tertiary/aromatic N) is 1. The molecular weight excluding hydrogens is 320 g/mol. The molecule has 6 nitrogen and oxygen atoms in total. The molecule has 4 rings (SSSR count). The summed E-state index contributed by atoms with van der Waals surface area (Å²) < 4.78 is 11.0. The summed E-state index contributed by atoms with van der Waals surface area (Å²) in [4.78, 5) is 26.4.